The van der Waals surface area contributed by atoms with Crippen molar-refractivity contribution in [3.63, 3.8) is 0 Å². The zero-order valence-electron chi connectivity index (χ0n) is 18.4. The molecular formula is C28H30N2O2. The molecule has 3 aromatic rings. The fraction of sp³-hybridized carbons (Fsp3) is 0.393. The van der Waals surface area contributed by atoms with Crippen LogP contribution in [0, 0.1) is 11.8 Å². The number of Topliss-reactive ketones (excluding diaryl/α,β-unsaturated/α-hetero) is 1. The summed E-state index contributed by atoms with van der Waals surface area (Å²) in [4.78, 5) is 29.7. The molecular weight excluding hydrogens is 396 g/mol. The highest BCUT2D eigenvalue weighted by Crippen LogP contribution is 2.48. The highest BCUT2D eigenvalue weighted by atomic mass is 16.1. The standard InChI is InChI=1S/C28H30N2O2/c31-27(14-20-9-10-24-18-29-12-11-21(24)13-20)26-16-25(26)22-7-4-8-23(15-22)28(32)30-17-19-5-2-1-3-6-19/h4,7-13,15,18-19,25-26H,1-3,5-6,14,16-17H2,(H,30,32)/t25-,26+/m0/s1. The van der Waals surface area contributed by atoms with Gasteiger partial charge in [0.1, 0.15) is 5.78 Å². The first kappa shape index (κ1) is 20.9. The fourth-order valence-corrected chi connectivity index (χ4v) is 5.14. The number of pyridine rings is 1. The van der Waals surface area contributed by atoms with Gasteiger partial charge in [0.15, 0.2) is 0 Å². The molecule has 0 saturated heterocycles. The summed E-state index contributed by atoms with van der Waals surface area (Å²) >= 11 is 0. The van der Waals surface area contributed by atoms with Crippen LogP contribution in [-0.2, 0) is 11.2 Å². The van der Waals surface area contributed by atoms with Gasteiger partial charge in [-0.15, -0.1) is 0 Å². The summed E-state index contributed by atoms with van der Waals surface area (Å²) in [6.07, 6.45) is 11.3. The molecule has 0 spiro atoms. The number of nitrogens with one attached hydrogen (secondary N) is 1. The van der Waals surface area contributed by atoms with Crippen molar-refractivity contribution in [3.05, 3.63) is 77.6 Å². The number of nitrogens with zero attached hydrogens (tertiary/aromatic N) is 1. The van der Waals surface area contributed by atoms with Gasteiger partial charge in [-0.2, -0.15) is 0 Å². The summed E-state index contributed by atoms with van der Waals surface area (Å²) in [7, 11) is 0. The van der Waals surface area contributed by atoms with Crippen LogP contribution in [0.3, 0.4) is 0 Å². The maximum absolute atomic E-state index is 12.9. The Morgan fingerprint density at radius 1 is 0.969 bits per heavy atom. The van der Waals surface area contributed by atoms with Gasteiger partial charge in [-0.1, -0.05) is 49.6 Å². The Kier molecular flexibility index (Phi) is 6.02. The minimum Gasteiger partial charge on any atom is -0.352 e. The Bertz CT molecular complexity index is 1130. The lowest BCUT2D eigenvalue weighted by Gasteiger charge is -2.21. The second-order valence-corrected chi connectivity index (χ2v) is 9.49. The predicted octanol–water partition coefficient (Wildman–Crippen LogP) is 5.46. The van der Waals surface area contributed by atoms with Gasteiger partial charge in [-0.25, -0.2) is 0 Å². The topological polar surface area (TPSA) is 59.1 Å². The average Bonchev–Trinajstić information content (AvgIpc) is 3.65. The maximum Gasteiger partial charge on any atom is 0.251 e. The monoisotopic (exact) mass is 426 g/mol. The van der Waals surface area contributed by atoms with Crippen LogP contribution < -0.4 is 5.32 Å². The van der Waals surface area contributed by atoms with Crippen LogP contribution in [0.15, 0.2) is 60.9 Å². The molecule has 0 unspecified atom stereocenters. The number of hydrogen-bond donors (Lipinski definition) is 1. The molecule has 1 heterocycles. The van der Waals surface area contributed by atoms with Gasteiger partial charge in [0, 0.05) is 42.2 Å². The number of carbonyl (C=O) groups is 2. The number of benzene rings is 2. The van der Waals surface area contributed by atoms with Crippen molar-refractivity contribution in [3.8, 4) is 0 Å². The van der Waals surface area contributed by atoms with Crippen molar-refractivity contribution in [2.45, 2.75) is 50.9 Å². The number of aromatic nitrogens is 1. The number of hydrogen-bond acceptors (Lipinski definition) is 3. The van der Waals surface area contributed by atoms with E-state index in [1.165, 1.54) is 32.1 Å². The maximum atomic E-state index is 12.9. The van der Waals surface area contributed by atoms with Gasteiger partial charge in [0.2, 0.25) is 0 Å². The zero-order chi connectivity index (χ0) is 21.9. The molecule has 32 heavy (non-hydrogen) atoms. The number of carbonyl (C=O) groups excluding carboxylic acids is 2. The Balaban J connectivity index is 1.18. The molecule has 1 aromatic heterocycles. The van der Waals surface area contributed by atoms with Crippen LogP contribution in [0.1, 0.15) is 65.9 Å². The second kappa shape index (κ2) is 9.23. The molecule has 2 fully saturated rings. The van der Waals surface area contributed by atoms with Crippen LogP contribution >= 0.6 is 0 Å². The molecule has 164 valence electrons. The van der Waals surface area contributed by atoms with Crippen molar-refractivity contribution in [2.24, 2.45) is 11.8 Å². The number of rotatable bonds is 7. The van der Waals surface area contributed by atoms with Crippen molar-refractivity contribution in [2.75, 3.05) is 6.54 Å². The third-order valence-electron chi connectivity index (χ3n) is 7.14. The van der Waals surface area contributed by atoms with Crippen molar-refractivity contribution in [1.82, 2.24) is 10.3 Å². The smallest absolute Gasteiger partial charge is 0.251 e. The summed E-state index contributed by atoms with van der Waals surface area (Å²) in [5, 5.41) is 5.33. The van der Waals surface area contributed by atoms with E-state index in [2.05, 4.69) is 22.4 Å². The average molecular weight is 427 g/mol. The minimum atomic E-state index is 0.00611. The fourth-order valence-electron chi connectivity index (χ4n) is 5.14. The molecule has 1 N–H and O–H groups in total. The van der Waals surface area contributed by atoms with E-state index in [1.54, 1.807) is 6.20 Å². The van der Waals surface area contributed by atoms with Gasteiger partial charge in [0.25, 0.3) is 5.91 Å². The lowest BCUT2D eigenvalue weighted by atomic mass is 9.89. The quantitative estimate of drug-likeness (QED) is 0.546. The lowest BCUT2D eigenvalue weighted by Crippen LogP contribution is -2.30. The van der Waals surface area contributed by atoms with E-state index in [-0.39, 0.29) is 23.5 Å². The van der Waals surface area contributed by atoms with E-state index in [9.17, 15) is 9.59 Å². The Morgan fingerprint density at radius 2 is 1.84 bits per heavy atom. The van der Waals surface area contributed by atoms with Crippen LogP contribution in [-0.4, -0.2) is 23.2 Å². The summed E-state index contributed by atoms with van der Waals surface area (Å²) in [6, 6.07) is 16.0. The van der Waals surface area contributed by atoms with E-state index in [0.29, 0.717) is 17.9 Å². The van der Waals surface area contributed by atoms with Crippen molar-refractivity contribution >= 4 is 22.5 Å². The number of amides is 1. The van der Waals surface area contributed by atoms with Gasteiger partial charge in [0.05, 0.1) is 0 Å². The van der Waals surface area contributed by atoms with Crippen molar-refractivity contribution in [1.29, 1.82) is 0 Å². The van der Waals surface area contributed by atoms with E-state index >= 15 is 0 Å². The zero-order valence-corrected chi connectivity index (χ0v) is 18.4. The molecule has 2 aromatic carbocycles. The van der Waals surface area contributed by atoms with E-state index in [4.69, 9.17) is 0 Å². The van der Waals surface area contributed by atoms with Crippen LogP contribution in [0.4, 0.5) is 0 Å². The van der Waals surface area contributed by atoms with Gasteiger partial charge >= 0.3 is 0 Å². The summed E-state index contributed by atoms with van der Waals surface area (Å²) in [6.45, 7) is 0.773. The minimum absolute atomic E-state index is 0.00611. The Hall–Kier alpha value is -3.01. The summed E-state index contributed by atoms with van der Waals surface area (Å²) in [5.74, 6) is 1.21. The first-order valence-corrected chi connectivity index (χ1v) is 11.9. The molecule has 2 atom stereocenters. The highest BCUT2D eigenvalue weighted by molar-refractivity contribution is 5.94. The summed E-state index contributed by atoms with van der Waals surface area (Å²) in [5.41, 5.74) is 2.87. The number of ketones is 1. The first-order valence-electron chi connectivity index (χ1n) is 11.9. The van der Waals surface area contributed by atoms with Crippen LogP contribution in [0.25, 0.3) is 10.8 Å². The molecule has 2 aliphatic rings. The van der Waals surface area contributed by atoms with Crippen molar-refractivity contribution < 1.29 is 9.59 Å². The molecule has 4 nitrogen and oxygen atoms in total. The largest absolute Gasteiger partial charge is 0.352 e. The molecule has 2 saturated carbocycles. The Labute approximate surface area is 189 Å². The van der Waals surface area contributed by atoms with Gasteiger partial charge in [-0.3, -0.25) is 14.6 Å². The Morgan fingerprint density at radius 3 is 2.72 bits per heavy atom. The molecule has 2 aliphatic carbocycles. The first-order chi connectivity index (χ1) is 15.7. The third-order valence-corrected chi connectivity index (χ3v) is 7.14. The van der Waals surface area contributed by atoms with Crippen LogP contribution in [0.5, 0.6) is 0 Å². The molecule has 5 rings (SSSR count). The van der Waals surface area contributed by atoms with Crippen LogP contribution in [0.2, 0.25) is 0 Å². The second-order valence-electron chi connectivity index (χ2n) is 9.49. The third kappa shape index (κ3) is 4.74. The molecule has 1 amide bonds. The van der Waals surface area contributed by atoms with E-state index < -0.39 is 0 Å². The van der Waals surface area contributed by atoms with Gasteiger partial charge in [-0.05, 0) is 65.8 Å². The van der Waals surface area contributed by atoms with Gasteiger partial charge < -0.3 is 5.32 Å². The highest BCUT2D eigenvalue weighted by Gasteiger charge is 2.43. The SMILES string of the molecule is O=C(NCC1CCCCC1)c1cccc([C@@H]2C[C@H]2C(=O)Cc2ccc3cnccc3c2)c1. The molecule has 0 bridgehead atoms. The molecule has 0 aliphatic heterocycles. The number of fused-ring (bicyclic) bond motifs is 1. The summed E-state index contributed by atoms with van der Waals surface area (Å²) < 4.78 is 0. The molecule has 4 heteroatoms. The van der Waals surface area contributed by atoms with E-state index in [0.717, 1.165) is 34.9 Å². The molecule has 0 radical (unpaired) electrons. The normalized spacial score (nSPS) is 20.8. The lowest BCUT2D eigenvalue weighted by molar-refractivity contribution is -0.119. The predicted molar refractivity (Wildman–Crippen MR) is 127 cm³/mol. The van der Waals surface area contributed by atoms with E-state index in [1.807, 2.05) is 42.6 Å².